The average Bonchev–Trinajstić information content (AvgIpc) is 2.91. The van der Waals surface area contributed by atoms with Crippen LogP contribution in [0.4, 0.5) is 10.6 Å². The third-order valence-corrected chi connectivity index (χ3v) is 3.64. The zero-order chi connectivity index (χ0) is 17.3. The van der Waals surface area contributed by atoms with Gasteiger partial charge in [-0.15, -0.1) is 0 Å². The number of nitrogens with two attached hydrogens (primary N) is 2. The van der Waals surface area contributed by atoms with Crippen LogP contribution in [0.15, 0.2) is 42.5 Å². The third kappa shape index (κ3) is 2.64. The second-order valence-electron chi connectivity index (χ2n) is 5.18. The molecule has 1 heterocycles. The molecule has 118 valence electrons. The Morgan fingerprint density at radius 1 is 1.04 bits per heavy atom. The number of carbonyl (C=O) groups excluding carboxylic acids is 2. The van der Waals surface area contributed by atoms with Crippen LogP contribution in [0.3, 0.4) is 0 Å². The summed E-state index contributed by atoms with van der Waals surface area (Å²) in [5.74, 6) is -0.502. The Morgan fingerprint density at radius 3 is 2.29 bits per heavy atom. The first-order valence-electron chi connectivity index (χ1n) is 7.02. The molecule has 0 aliphatic heterocycles. The monoisotopic (exact) mass is 319 g/mol. The molecule has 0 fully saturated rings. The number of benzene rings is 2. The predicted octanol–water partition coefficient (Wildman–Crippen LogP) is 2.30. The first-order valence-corrected chi connectivity index (χ1v) is 7.02. The molecular formula is C17H13N5O2. The van der Waals surface area contributed by atoms with Crippen LogP contribution < -0.4 is 16.8 Å². The molecule has 24 heavy (non-hydrogen) atoms. The van der Waals surface area contributed by atoms with Gasteiger partial charge in [-0.05, 0) is 29.3 Å². The van der Waals surface area contributed by atoms with Crippen LogP contribution in [-0.2, 0) is 0 Å². The summed E-state index contributed by atoms with van der Waals surface area (Å²) in [4.78, 5) is 25.7. The number of hydrogen-bond donors (Lipinski definition) is 4. The number of nitrogens with one attached hydrogen (secondary N) is 2. The van der Waals surface area contributed by atoms with Gasteiger partial charge >= 0.3 is 6.03 Å². The number of amides is 3. The number of nitriles is 1. The first-order chi connectivity index (χ1) is 11.5. The van der Waals surface area contributed by atoms with Crippen LogP contribution in [0.25, 0.3) is 22.0 Å². The molecule has 0 saturated heterocycles. The largest absolute Gasteiger partial charge is 0.365 e. The number of hydrogen-bond acceptors (Lipinski definition) is 3. The van der Waals surface area contributed by atoms with Crippen molar-refractivity contribution < 1.29 is 9.59 Å². The van der Waals surface area contributed by atoms with E-state index in [1.165, 1.54) is 0 Å². The molecule has 6 N–H and O–H groups in total. The Bertz CT molecular complexity index is 996. The van der Waals surface area contributed by atoms with E-state index in [0.29, 0.717) is 16.5 Å². The van der Waals surface area contributed by atoms with Crippen LogP contribution in [-0.4, -0.2) is 16.9 Å². The highest BCUT2D eigenvalue weighted by Gasteiger charge is 2.17. The summed E-state index contributed by atoms with van der Waals surface area (Å²) in [7, 11) is 0. The highest BCUT2D eigenvalue weighted by Crippen LogP contribution is 2.30. The van der Waals surface area contributed by atoms with Crippen molar-refractivity contribution >= 4 is 28.7 Å². The first kappa shape index (κ1) is 15.1. The van der Waals surface area contributed by atoms with Gasteiger partial charge in [0.05, 0.1) is 17.2 Å². The maximum atomic E-state index is 11.7. The summed E-state index contributed by atoms with van der Waals surface area (Å²) in [6.07, 6.45) is 0. The van der Waals surface area contributed by atoms with Gasteiger partial charge in [-0.2, -0.15) is 5.26 Å². The van der Waals surface area contributed by atoms with Gasteiger partial charge in [-0.1, -0.05) is 24.3 Å². The van der Waals surface area contributed by atoms with Crippen molar-refractivity contribution in [3.05, 3.63) is 53.6 Å². The minimum atomic E-state index is -0.795. The van der Waals surface area contributed by atoms with Crippen molar-refractivity contribution in [3.63, 3.8) is 0 Å². The number of H-pyrrole nitrogens is 1. The van der Waals surface area contributed by atoms with Crippen molar-refractivity contribution in [2.75, 3.05) is 5.32 Å². The van der Waals surface area contributed by atoms with E-state index in [0.717, 1.165) is 11.1 Å². The molecule has 0 aliphatic carbocycles. The van der Waals surface area contributed by atoms with Gasteiger partial charge in [0.25, 0.3) is 5.91 Å². The lowest BCUT2D eigenvalue weighted by Gasteiger charge is -2.02. The molecule has 0 saturated carbocycles. The molecule has 0 bridgehead atoms. The zero-order valence-corrected chi connectivity index (χ0v) is 12.5. The topological polar surface area (TPSA) is 138 Å². The molecule has 0 radical (unpaired) electrons. The normalized spacial score (nSPS) is 10.3. The number of urea groups is 1. The number of aromatic amines is 1. The van der Waals surface area contributed by atoms with Gasteiger partial charge in [-0.25, -0.2) is 4.79 Å². The van der Waals surface area contributed by atoms with E-state index < -0.39 is 11.9 Å². The lowest BCUT2D eigenvalue weighted by molar-refractivity contribution is 0.100. The number of rotatable bonds is 3. The van der Waals surface area contributed by atoms with Crippen LogP contribution >= 0.6 is 0 Å². The molecule has 0 spiro atoms. The summed E-state index contributed by atoms with van der Waals surface area (Å²) in [5, 5.41) is 11.8. The highest BCUT2D eigenvalue weighted by molar-refractivity contribution is 6.13. The predicted molar refractivity (Wildman–Crippen MR) is 90.2 cm³/mol. The maximum absolute atomic E-state index is 11.7. The molecule has 1 aromatic heterocycles. The Kier molecular flexibility index (Phi) is 3.64. The number of primary amides is 2. The number of nitrogens with zero attached hydrogens (tertiary/aromatic N) is 1. The molecular weight excluding hydrogens is 306 g/mol. The Labute approximate surface area is 136 Å². The summed E-state index contributed by atoms with van der Waals surface area (Å²) in [5.41, 5.74) is 13.7. The standard InChI is InChI=1S/C17H13N5O2/c18-8-9-1-3-10(4-2-9)11-5-6-12-13(7-11)21-16(22-17(20)24)14(12)15(19)23/h1-7,21H,(H2,19,23)(H3,20,22,24). The Morgan fingerprint density at radius 2 is 1.71 bits per heavy atom. The second-order valence-corrected chi connectivity index (χ2v) is 5.18. The van der Waals surface area contributed by atoms with E-state index >= 15 is 0 Å². The van der Waals surface area contributed by atoms with Crippen molar-refractivity contribution in [1.82, 2.24) is 4.98 Å². The molecule has 0 aliphatic rings. The average molecular weight is 319 g/mol. The number of carbonyl (C=O) groups is 2. The van der Waals surface area contributed by atoms with Gasteiger partial charge in [0.15, 0.2) is 0 Å². The number of anilines is 1. The quantitative estimate of drug-likeness (QED) is 0.589. The van der Waals surface area contributed by atoms with E-state index in [9.17, 15) is 9.59 Å². The summed E-state index contributed by atoms with van der Waals surface area (Å²) >= 11 is 0. The van der Waals surface area contributed by atoms with Gasteiger partial charge in [0, 0.05) is 10.9 Å². The highest BCUT2D eigenvalue weighted by atomic mass is 16.2. The fourth-order valence-electron chi connectivity index (χ4n) is 2.59. The minimum Gasteiger partial charge on any atom is -0.365 e. The summed E-state index contributed by atoms with van der Waals surface area (Å²) in [6.45, 7) is 0. The van der Waals surface area contributed by atoms with Crippen molar-refractivity contribution in [1.29, 1.82) is 5.26 Å². The van der Waals surface area contributed by atoms with Crippen molar-refractivity contribution in [3.8, 4) is 17.2 Å². The molecule has 0 unspecified atom stereocenters. The lowest BCUT2D eigenvalue weighted by atomic mass is 10.0. The van der Waals surface area contributed by atoms with E-state index in [-0.39, 0.29) is 11.4 Å². The Hall–Kier alpha value is -3.79. The van der Waals surface area contributed by atoms with Crippen molar-refractivity contribution in [2.24, 2.45) is 11.5 Å². The Balaban J connectivity index is 2.12. The van der Waals surface area contributed by atoms with Gasteiger partial charge in [0.2, 0.25) is 0 Å². The van der Waals surface area contributed by atoms with Crippen LogP contribution in [0.5, 0.6) is 0 Å². The molecule has 3 rings (SSSR count). The third-order valence-electron chi connectivity index (χ3n) is 3.64. The van der Waals surface area contributed by atoms with Crippen LogP contribution in [0.1, 0.15) is 15.9 Å². The van der Waals surface area contributed by atoms with Gasteiger partial charge < -0.3 is 16.5 Å². The van der Waals surface area contributed by atoms with Crippen molar-refractivity contribution in [2.45, 2.75) is 0 Å². The number of fused-ring (bicyclic) bond motifs is 1. The molecule has 0 atom stereocenters. The van der Waals surface area contributed by atoms with E-state index in [1.54, 1.807) is 18.2 Å². The maximum Gasteiger partial charge on any atom is 0.317 e. The van der Waals surface area contributed by atoms with E-state index in [4.69, 9.17) is 16.7 Å². The minimum absolute atomic E-state index is 0.168. The molecule has 7 nitrogen and oxygen atoms in total. The lowest BCUT2D eigenvalue weighted by Crippen LogP contribution is -2.22. The number of aromatic nitrogens is 1. The summed E-state index contributed by atoms with van der Waals surface area (Å²) in [6, 6.07) is 13.8. The summed E-state index contributed by atoms with van der Waals surface area (Å²) < 4.78 is 0. The van der Waals surface area contributed by atoms with Gasteiger partial charge in [-0.3, -0.25) is 10.1 Å². The second kappa shape index (κ2) is 5.78. The smallest absolute Gasteiger partial charge is 0.317 e. The molecule has 7 heteroatoms. The van der Waals surface area contributed by atoms with Crippen LogP contribution in [0.2, 0.25) is 0 Å². The van der Waals surface area contributed by atoms with Crippen LogP contribution in [0, 0.1) is 11.3 Å². The van der Waals surface area contributed by atoms with E-state index in [2.05, 4.69) is 16.4 Å². The van der Waals surface area contributed by atoms with Gasteiger partial charge in [0.1, 0.15) is 5.82 Å². The van der Waals surface area contributed by atoms with E-state index in [1.807, 2.05) is 24.3 Å². The fraction of sp³-hybridized carbons (Fsp3) is 0. The molecule has 2 aromatic carbocycles. The SMILES string of the molecule is N#Cc1ccc(-c2ccc3c(C(N)=O)c(NC(N)=O)[nH]c3c2)cc1. The zero-order valence-electron chi connectivity index (χ0n) is 12.5. The molecule has 3 aromatic rings. The fourth-order valence-corrected chi connectivity index (χ4v) is 2.59. The molecule has 3 amide bonds.